The molecular formula is C21H30N2O6. The lowest BCUT2D eigenvalue weighted by atomic mass is 9.98. The number of nitrogens with zero attached hydrogens (tertiary/aromatic N) is 1. The van der Waals surface area contributed by atoms with Gasteiger partial charge in [-0.2, -0.15) is 0 Å². The number of amides is 2. The number of carbonyl (C=O) groups is 2. The van der Waals surface area contributed by atoms with Crippen molar-refractivity contribution in [3.05, 3.63) is 29.8 Å². The second kappa shape index (κ2) is 9.45. The van der Waals surface area contributed by atoms with Gasteiger partial charge >= 0.3 is 12.2 Å². The van der Waals surface area contributed by atoms with Gasteiger partial charge in [-0.1, -0.05) is 12.1 Å². The molecule has 0 unspecified atom stereocenters. The topological polar surface area (TPSA) is 86.3 Å². The van der Waals surface area contributed by atoms with Crippen LogP contribution in [-0.2, 0) is 18.9 Å². The van der Waals surface area contributed by atoms with Crippen molar-refractivity contribution in [3.63, 3.8) is 0 Å². The third-order valence-electron chi connectivity index (χ3n) is 4.77. The van der Waals surface area contributed by atoms with Crippen LogP contribution < -0.4 is 5.32 Å². The van der Waals surface area contributed by atoms with Gasteiger partial charge < -0.3 is 23.8 Å². The summed E-state index contributed by atoms with van der Waals surface area (Å²) in [4.78, 5) is 25.9. The van der Waals surface area contributed by atoms with E-state index in [0.29, 0.717) is 38.6 Å². The lowest BCUT2D eigenvalue weighted by molar-refractivity contribution is -0.0441. The van der Waals surface area contributed by atoms with Crippen molar-refractivity contribution >= 4 is 17.9 Å². The summed E-state index contributed by atoms with van der Waals surface area (Å²) in [6, 6.07) is 7.30. The van der Waals surface area contributed by atoms with E-state index in [2.05, 4.69) is 5.32 Å². The minimum absolute atomic E-state index is 0.235. The second-order valence-corrected chi connectivity index (χ2v) is 8.33. The summed E-state index contributed by atoms with van der Waals surface area (Å²) in [6.45, 7) is 8.29. The molecule has 0 atom stereocenters. The molecule has 2 amide bonds. The molecule has 2 heterocycles. The Hall–Kier alpha value is -2.32. The number of hydrogen-bond donors (Lipinski definition) is 1. The Bertz CT molecular complexity index is 686. The van der Waals surface area contributed by atoms with E-state index in [1.54, 1.807) is 17.0 Å². The van der Waals surface area contributed by atoms with Crippen LogP contribution in [0.4, 0.5) is 15.3 Å². The molecule has 0 aromatic heterocycles. The normalized spacial score (nSPS) is 18.5. The van der Waals surface area contributed by atoms with Crippen LogP contribution in [0.2, 0.25) is 0 Å². The van der Waals surface area contributed by atoms with E-state index >= 15 is 0 Å². The first-order chi connectivity index (χ1) is 13.8. The lowest BCUT2D eigenvalue weighted by Crippen LogP contribution is -2.42. The zero-order valence-corrected chi connectivity index (χ0v) is 17.3. The molecule has 8 heteroatoms. The molecule has 2 aliphatic rings. The van der Waals surface area contributed by atoms with Crippen molar-refractivity contribution in [2.75, 3.05) is 38.2 Å². The monoisotopic (exact) mass is 406 g/mol. The average Bonchev–Trinajstić information content (AvgIpc) is 3.21. The molecule has 0 radical (unpaired) electrons. The summed E-state index contributed by atoms with van der Waals surface area (Å²) in [5.41, 5.74) is 1.07. The van der Waals surface area contributed by atoms with Crippen LogP contribution in [0.3, 0.4) is 0 Å². The minimum atomic E-state index is -0.496. The zero-order chi connectivity index (χ0) is 20.9. The van der Waals surface area contributed by atoms with Crippen LogP contribution >= 0.6 is 0 Å². The first-order valence-corrected chi connectivity index (χ1v) is 10.0. The van der Waals surface area contributed by atoms with Crippen LogP contribution in [-0.4, -0.2) is 55.6 Å². The zero-order valence-electron chi connectivity index (χ0n) is 17.3. The van der Waals surface area contributed by atoms with Gasteiger partial charge in [0.25, 0.3) is 0 Å². The summed E-state index contributed by atoms with van der Waals surface area (Å²) in [5, 5.41) is 2.72. The van der Waals surface area contributed by atoms with Crippen molar-refractivity contribution in [1.29, 1.82) is 0 Å². The van der Waals surface area contributed by atoms with E-state index in [9.17, 15) is 9.59 Å². The maximum Gasteiger partial charge on any atom is 0.411 e. The number of nitrogens with one attached hydrogen (secondary N) is 1. The summed E-state index contributed by atoms with van der Waals surface area (Å²) in [5.74, 6) is 0.235. The van der Waals surface area contributed by atoms with Gasteiger partial charge in [0, 0.05) is 24.3 Å². The second-order valence-electron chi connectivity index (χ2n) is 8.33. The van der Waals surface area contributed by atoms with E-state index in [-0.39, 0.29) is 18.3 Å². The number of anilines is 1. The summed E-state index contributed by atoms with van der Waals surface area (Å²) in [6.07, 6.45) is 0.459. The molecule has 0 bridgehead atoms. The van der Waals surface area contributed by atoms with Crippen LogP contribution in [0.25, 0.3) is 0 Å². The van der Waals surface area contributed by atoms with E-state index < -0.39 is 11.7 Å². The molecule has 2 fully saturated rings. The van der Waals surface area contributed by atoms with Gasteiger partial charge in [0.05, 0.1) is 19.8 Å². The van der Waals surface area contributed by atoms with Crippen LogP contribution in [0.5, 0.6) is 0 Å². The highest BCUT2D eigenvalue weighted by molar-refractivity contribution is 5.84. The van der Waals surface area contributed by atoms with Gasteiger partial charge in [0.15, 0.2) is 6.29 Å². The van der Waals surface area contributed by atoms with E-state index in [1.165, 1.54) is 0 Å². The van der Waals surface area contributed by atoms with Gasteiger partial charge in [-0.15, -0.1) is 0 Å². The maximum atomic E-state index is 12.1. The molecule has 8 nitrogen and oxygen atoms in total. The SMILES string of the molecule is CC(C)(C)OC(=O)N1CCC(COC(=O)Nc2ccc(C3OCCO3)cc2)CC1. The Morgan fingerprint density at radius 1 is 1.10 bits per heavy atom. The molecule has 1 aromatic rings. The maximum absolute atomic E-state index is 12.1. The molecule has 160 valence electrons. The number of ether oxygens (including phenoxy) is 4. The highest BCUT2D eigenvalue weighted by Crippen LogP contribution is 2.24. The van der Waals surface area contributed by atoms with Crippen LogP contribution in [0.1, 0.15) is 45.5 Å². The van der Waals surface area contributed by atoms with Crippen molar-refractivity contribution in [1.82, 2.24) is 4.90 Å². The van der Waals surface area contributed by atoms with Gasteiger partial charge in [-0.25, -0.2) is 9.59 Å². The summed E-state index contributed by atoms with van der Waals surface area (Å²) < 4.78 is 21.6. The fourth-order valence-corrected chi connectivity index (χ4v) is 3.23. The van der Waals surface area contributed by atoms with E-state index in [0.717, 1.165) is 18.4 Å². The first-order valence-electron chi connectivity index (χ1n) is 10.0. The minimum Gasteiger partial charge on any atom is -0.449 e. The predicted molar refractivity (Wildman–Crippen MR) is 107 cm³/mol. The van der Waals surface area contributed by atoms with Crippen molar-refractivity contribution < 1.29 is 28.5 Å². The molecule has 1 aromatic carbocycles. The quantitative estimate of drug-likeness (QED) is 0.815. The van der Waals surface area contributed by atoms with E-state index in [4.69, 9.17) is 18.9 Å². The number of hydrogen-bond acceptors (Lipinski definition) is 6. The number of carbonyl (C=O) groups excluding carboxylic acids is 2. The number of rotatable bonds is 4. The Morgan fingerprint density at radius 2 is 1.72 bits per heavy atom. The van der Waals surface area contributed by atoms with Gasteiger partial charge in [0.2, 0.25) is 0 Å². The number of likely N-dealkylation sites (tertiary alicyclic amines) is 1. The van der Waals surface area contributed by atoms with Gasteiger partial charge in [-0.05, 0) is 51.7 Å². The fourth-order valence-electron chi connectivity index (χ4n) is 3.23. The Balaban J connectivity index is 1.36. The Kier molecular flexibility index (Phi) is 6.97. The first kappa shape index (κ1) is 21.4. The van der Waals surface area contributed by atoms with E-state index in [1.807, 2.05) is 32.9 Å². The number of benzene rings is 1. The van der Waals surface area contributed by atoms with Gasteiger partial charge in [0.1, 0.15) is 5.60 Å². The Labute approximate surface area is 171 Å². The molecule has 2 saturated heterocycles. The summed E-state index contributed by atoms with van der Waals surface area (Å²) >= 11 is 0. The standard InChI is InChI=1S/C21H30N2O6/c1-21(2,3)29-20(25)23-10-8-15(9-11-23)14-28-19(24)22-17-6-4-16(5-7-17)18-26-12-13-27-18/h4-7,15,18H,8-14H2,1-3H3,(H,22,24). The highest BCUT2D eigenvalue weighted by Gasteiger charge is 2.27. The summed E-state index contributed by atoms with van der Waals surface area (Å²) in [7, 11) is 0. The largest absolute Gasteiger partial charge is 0.449 e. The fraction of sp³-hybridized carbons (Fsp3) is 0.619. The molecule has 2 aliphatic heterocycles. The molecule has 0 saturated carbocycles. The van der Waals surface area contributed by atoms with Crippen molar-refractivity contribution in [2.24, 2.45) is 5.92 Å². The molecule has 0 spiro atoms. The Morgan fingerprint density at radius 3 is 2.31 bits per heavy atom. The molecule has 0 aliphatic carbocycles. The van der Waals surface area contributed by atoms with Crippen LogP contribution in [0, 0.1) is 5.92 Å². The van der Waals surface area contributed by atoms with Crippen molar-refractivity contribution in [3.8, 4) is 0 Å². The molecule has 29 heavy (non-hydrogen) atoms. The third kappa shape index (κ3) is 6.61. The lowest BCUT2D eigenvalue weighted by Gasteiger charge is -2.33. The van der Waals surface area contributed by atoms with Crippen LogP contribution in [0.15, 0.2) is 24.3 Å². The third-order valence-corrected chi connectivity index (χ3v) is 4.77. The molecular weight excluding hydrogens is 376 g/mol. The van der Waals surface area contributed by atoms with Crippen molar-refractivity contribution in [2.45, 2.75) is 45.5 Å². The average molecular weight is 406 g/mol. The smallest absolute Gasteiger partial charge is 0.411 e. The molecule has 1 N–H and O–H groups in total. The van der Waals surface area contributed by atoms with Gasteiger partial charge in [-0.3, -0.25) is 5.32 Å². The molecule has 3 rings (SSSR count). The number of piperidine rings is 1. The highest BCUT2D eigenvalue weighted by atomic mass is 16.7. The predicted octanol–water partition coefficient (Wildman–Crippen LogP) is 3.93.